The summed E-state index contributed by atoms with van der Waals surface area (Å²) in [6.07, 6.45) is 0. The van der Waals surface area contributed by atoms with Gasteiger partial charge in [-0.25, -0.2) is 8.42 Å². The first-order valence-electron chi connectivity index (χ1n) is 6.70. The molecule has 0 amide bonds. The number of nitrogens with zero attached hydrogens (tertiary/aromatic N) is 1. The molecule has 2 aromatic rings. The van der Waals surface area contributed by atoms with Gasteiger partial charge in [0, 0.05) is 17.5 Å². The first-order valence-corrected chi connectivity index (χ1v) is 8.96. The van der Waals surface area contributed by atoms with Crippen LogP contribution in [0.2, 0.25) is 0 Å². The van der Waals surface area contributed by atoms with Crippen LogP contribution in [0.3, 0.4) is 0 Å². The third kappa shape index (κ3) is 3.71. The molecule has 0 saturated carbocycles. The molecule has 0 saturated heterocycles. The number of hydrogen-bond acceptors (Lipinski definition) is 4. The fourth-order valence-corrected chi connectivity index (χ4v) is 4.98. The molecular formula is C15H19NO3S2. The predicted molar refractivity (Wildman–Crippen MR) is 84.5 cm³/mol. The Morgan fingerprint density at radius 3 is 2.33 bits per heavy atom. The maximum atomic E-state index is 12.8. The molecule has 0 atom stereocenters. The van der Waals surface area contributed by atoms with E-state index in [2.05, 4.69) is 0 Å². The van der Waals surface area contributed by atoms with Crippen LogP contribution >= 0.6 is 11.3 Å². The number of thiophene rings is 1. The highest BCUT2D eigenvalue weighted by Gasteiger charge is 2.28. The van der Waals surface area contributed by atoms with E-state index in [-0.39, 0.29) is 16.9 Å². The molecule has 4 nitrogen and oxygen atoms in total. The van der Waals surface area contributed by atoms with Crippen molar-refractivity contribution in [2.75, 3.05) is 0 Å². The Labute approximate surface area is 129 Å². The van der Waals surface area contributed by atoms with Crippen LogP contribution in [-0.4, -0.2) is 23.9 Å². The van der Waals surface area contributed by atoms with Crippen molar-refractivity contribution in [3.8, 4) is 0 Å². The summed E-state index contributed by atoms with van der Waals surface area (Å²) in [5.41, 5.74) is 0.953. The molecule has 2 rings (SSSR count). The second kappa shape index (κ2) is 6.70. The zero-order chi connectivity index (χ0) is 15.5. The standard InChI is InChI=1S/C15H19NO3S2/c1-12(2)16(10-13-6-4-3-5-7-13)21(18,19)15-9-8-14(11-17)20-15/h3-9,12,17H,10-11H2,1-2H3. The van der Waals surface area contributed by atoms with E-state index >= 15 is 0 Å². The van der Waals surface area contributed by atoms with E-state index in [9.17, 15) is 8.42 Å². The minimum Gasteiger partial charge on any atom is -0.391 e. The van der Waals surface area contributed by atoms with Gasteiger partial charge in [0.05, 0.1) is 6.61 Å². The van der Waals surface area contributed by atoms with Gasteiger partial charge in [0.25, 0.3) is 10.0 Å². The monoisotopic (exact) mass is 325 g/mol. The molecule has 0 fully saturated rings. The number of aliphatic hydroxyl groups is 1. The molecule has 21 heavy (non-hydrogen) atoms. The highest BCUT2D eigenvalue weighted by atomic mass is 32.2. The van der Waals surface area contributed by atoms with Crippen molar-refractivity contribution < 1.29 is 13.5 Å². The average Bonchev–Trinajstić information content (AvgIpc) is 2.95. The summed E-state index contributed by atoms with van der Waals surface area (Å²) in [5, 5.41) is 9.10. The van der Waals surface area contributed by atoms with Gasteiger partial charge >= 0.3 is 0 Å². The highest BCUT2D eigenvalue weighted by Crippen LogP contribution is 2.27. The van der Waals surface area contributed by atoms with Crippen molar-refractivity contribution in [3.63, 3.8) is 0 Å². The third-order valence-corrected chi connectivity index (χ3v) is 6.67. The lowest BCUT2D eigenvalue weighted by molar-refractivity contribution is 0.285. The number of rotatable bonds is 6. The Kier molecular flexibility index (Phi) is 5.16. The van der Waals surface area contributed by atoms with Gasteiger partial charge in [-0.05, 0) is 31.5 Å². The molecule has 114 valence electrons. The predicted octanol–water partition coefficient (Wildman–Crippen LogP) is 2.84. The maximum absolute atomic E-state index is 12.8. The van der Waals surface area contributed by atoms with E-state index in [1.807, 2.05) is 44.2 Å². The van der Waals surface area contributed by atoms with Crippen LogP contribution in [0.1, 0.15) is 24.3 Å². The van der Waals surface area contributed by atoms with Gasteiger partial charge in [0.1, 0.15) is 4.21 Å². The molecule has 0 aliphatic heterocycles. The number of benzene rings is 1. The van der Waals surface area contributed by atoms with Crippen molar-refractivity contribution >= 4 is 21.4 Å². The lowest BCUT2D eigenvalue weighted by Crippen LogP contribution is -2.36. The number of sulfonamides is 1. The lowest BCUT2D eigenvalue weighted by atomic mass is 10.2. The fraction of sp³-hybridized carbons (Fsp3) is 0.333. The Hall–Kier alpha value is -1.21. The van der Waals surface area contributed by atoms with Gasteiger partial charge < -0.3 is 5.11 Å². The summed E-state index contributed by atoms with van der Waals surface area (Å²) in [7, 11) is -3.55. The van der Waals surface area contributed by atoms with Crippen molar-refractivity contribution in [3.05, 3.63) is 52.9 Å². The van der Waals surface area contributed by atoms with E-state index in [4.69, 9.17) is 5.11 Å². The first-order chi connectivity index (χ1) is 9.95. The van der Waals surface area contributed by atoms with Gasteiger partial charge in [-0.2, -0.15) is 4.31 Å². The van der Waals surface area contributed by atoms with Gasteiger partial charge in [-0.15, -0.1) is 11.3 Å². The molecule has 0 bridgehead atoms. The van der Waals surface area contributed by atoms with Gasteiger partial charge in [0.15, 0.2) is 0 Å². The van der Waals surface area contributed by atoms with Crippen LogP contribution in [0.5, 0.6) is 0 Å². The molecule has 0 aliphatic carbocycles. The molecule has 0 radical (unpaired) electrons. The molecular weight excluding hydrogens is 306 g/mol. The van der Waals surface area contributed by atoms with E-state index in [1.165, 1.54) is 4.31 Å². The van der Waals surface area contributed by atoms with E-state index in [0.29, 0.717) is 11.4 Å². The summed E-state index contributed by atoms with van der Waals surface area (Å²) >= 11 is 1.12. The van der Waals surface area contributed by atoms with Crippen LogP contribution in [0.4, 0.5) is 0 Å². The highest BCUT2D eigenvalue weighted by molar-refractivity contribution is 7.91. The minimum atomic E-state index is -3.55. The molecule has 1 aromatic carbocycles. The van der Waals surface area contributed by atoms with Crippen molar-refractivity contribution in [2.45, 2.75) is 37.3 Å². The Morgan fingerprint density at radius 2 is 1.81 bits per heavy atom. The normalized spacial score (nSPS) is 12.2. The Bertz CT molecular complexity index is 678. The fourth-order valence-electron chi connectivity index (χ4n) is 2.01. The third-order valence-electron chi connectivity index (χ3n) is 3.11. The number of hydrogen-bond donors (Lipinski definition) is 1. The quantitative estimate of drug-likeness (QED) is 0.888. The topological polar surface area (TPSA) is 57.6 Å². The van der Waals surface area contributed by atoms with Gasteiger partial charge in [0.2, 0.25) is 0 Å². The summed E-state index contributed by atoms with van der Waals surface area (Å²) in [5.74, 6) is 0. The van der Waals surface area contributed by atoms with Crippen LogP contribution in [0.15, 0.2) is 46.7 Å². The van der Waals surface area contributed by atoms with Crippen molar-refractivity contribution in [2.24, 2.45) is 0 Å². The van der Waals surface area contributed by atoms with E-state index in [1.54, 1.807) is 12.1 Å². The van der Waals surface area contributed by atoms with Crippen LogP contribution < -0.4 is 0 Å². The van der Waals surface area contributed by atoms with E-state index in [0.717, 1.165) is 16.9 Å². The molecule has 1 N–H and O–H groups in total. The summed E-state index contributed by atoms with van der Waals surface area (Å²) in [6.45, 7) is 3.93. The summed E-state index contributed by atoms with van der Waals surface area (Å²) in [6, 6.07) is 12.6. The minimum absolute atomic E-state index is 0.138. The average molecular weight is 325 g/mol. The molecule has 0 spiro atoms. The Balaban J connectivity index is 2.32. The molecule has 6 heteroatoms. The zero-order valence-electron chi connectivity index (χ0n) is 12.1. The summed E-state index contributed by atoms with van der Waals surface area (Å²) < 4.78 is 27.3. The molecule has 1 heterocycles. The van der Waals surface area contributed by atoms with Crippen LogP contribution in [0.25, 0.3) is 0 Å². The van der Waals surface area contributed by atoms with Crippen molar-refractivity contribution in [1.29, 1.82) is 0 Å². The van der Waals surface area contributed by atoms with Gasteiger partial charge in [-0.1, -0.05) is 30.3 Å². The number of aliphatic hydroxyl groups excluding tert-OH is 1. The molecule has 1 aromatic heterocycles. The molecule has 0 unspecified atom stereocenters. The van der Waals surface area contributed by atoms with E-state index < -0.39 is 10.0 Å². The van der Waals surface area contributed by atoms with Crippen LogP contribution in [-0.2, 0) is 23.2 Å². The van der Waals surface area contributed by atoms with Gasteiger partial charge in [-0.3, -0.25) is 0 Å². The molecule has 0 aliphatic rings. The smallest absolute Gasteiger partial charge is 0.253 e. The zero-order valence-corrected chi connectivity index (χ0v) is 13.7. The first kappa shape index (κ1) is 16.2. The lowest BCUT2D eigenvalue weighted by Gasteiger charge is -2.25. The summed E-state index contributed by atoms with van der Waals surface area (Å²) in [4.78, 5) is 0.650. The largest absolute Gasteiger partial charge is 0.391 e. The van der Waals surface area contributed by atoms with Crippen molar-refractivity contribution in [1.82, 2.24) is 4.31 Å². The second-order valence-electron chi connectivity index (χ2n) is 5.01. The van der Waals surface area contributed by atoms with Crippen LogP contribution in [0, 0.1) is 0 Å². The SMILES string of the molecule is CC(C)N(Cc1ccccc1)S(=O)(=O)c1ccc(CO)s1. The Morgan fingerprint density at radius 1 is 1.14 bits per heavy atom. The maximum Gasteiger partial charge on any atom is 0.253 e. The second-order valence-corrected chi connectivity index (χ2v) is 8.29.